The lowest BCUT2D eigenvalue weighted by molar-refractivity contribution is 0.741. The number of thiocarbonyl (C=S) groups is 1. The fourth-order valence-corrected chi connectivity index (χ4v) is 3.33. The molecule has 0 amide bonds. The summed E-state index contributed by atoms with van der Waals surface area (Å²) in [5.41, 5.74) is 3.70. The van der Waals surface area contributed by atoms with Gasteiger partial charge in [0.1, 0.15) is 4.99 Å². The molecule has 0 radical (unpaired) electrons. The van der Waals surface area contributed by atoms with Gasteiger partial charge in [0, 0.05) is 16.5 Å². The molecule has 1 heterocycles. The molecule has 2 aromatic rings. The Labute approximate surface area is 118 Å². The molecule has 1 aromatic carbocycles. The molecule has 0 spiro atoms. The van der Waals surface area contributed by atoms with Crippen LogP contribution in [0, 0.1) is 6.92 Å². The Hall–Kier alpha value is -1.19. The van der Waals surface area contributed by atoms with Gasteiger partial charge in [0.05, 0.1) is 0 Å². The van der Waals surface area contributed by atoms with Crippen LogP contribution in [0.1, 0.15) is 25.0 Å². The first-order valence-electron chi connectivity index (χ1n) is 6.04. The van der Waals surface area contributed by atoms with Crippen LogP contribution in [-0.4, -0.2) is 11.0 Å². The van der Waals surface area contributed by atoms with Gasteiger partial charge in [-0.15, -0.1) is 11.3 Å². The van der Waals surface area contributed by atoms with Crippen LogP contribution in [0.15, 0.2) is 35.7 Å². The molecule has 0 saturated heterocycles. The van der Waals surface area contributed by atoms with E-state index in [1.54, 1.807) is 11.3 Å². The molecule has 2 rings (SSSR count). The van der Waals surface area contributed by atoms with Crippen molar-refractivity contribution in [2.45, 2.75) is 26.8 Å². The minimum atomic E-state index is 0.363. The Bertz CT molecular complexity index is 555. The maximum Gasteiger partial charge on any atom is 0.108 e. The van der Waals surface area contributed by atoms with Gasteiger partial charge in [0.15, 0.2) is 0 Å². The first-order valence-corrected chi connectivity index (χ1v) is 7.32. The van der Waals surface area contributed by atoms with E-state index in [1.165, 1.54) is 16.0 Å². The Morgan fingerprint density at radius 2 is 1.94 bits per heavy atom. The normalized spacial score (nSPS) is 10.7. The zero-order valence-electron chi connectivity index (χ0n) is 10.9. The van der Waals surface area contributed by atoms with Crippen LogP contribution >= 0.6 is 23.6 Å². The van der Waals surface area contributed by atoms with Gasteiger partial charge in [0.25, 0.3) is 0 Å². The Morgan fingerprint density at radius 1 is 1.22 bits per heavy atom. The predicted octanol–water partition coefficient (Wildman–Crippen LogP) is 4.40. The number of benzene rings is 1. The summed E-state index contributed by atoms with van der Waals surface area (Å²) in [4.78, 5) is 2.09. The lowest BCUT2D eigenvalue weighted by Gasteiger charge is -2.12. The van der Waals surface area contributed by atoms with Crippen molar-refractivity contribution in [3.63, 3.8) is 0 Å². The fourth-order valence-electron chi connectivity index (χ4n) is 1.86. The molecule has 1 aromatic heterocycles. The molecule has 0 aliphatic heterocycles. The second-order valence-corrected chi connectivity index (χ2v) is 5.93. The maximum absolute atomic E-state index is 5.48. The van der Waals surface area contributed by atoms with Crippen LogP contribution in [0.2, 0.25) is 0 Å². The van der Waals surface area contributed by atoms with Gasteiger partial charge in [-0.2, -0.15) is 0 Å². The molecule has 0 saturated carbocycles. The molecular weight excluding hydrogens is 258 g/mol. The summed E-state index contributed by atoms with van der Waals surface area (Å²) in [6.45, 7) is 6.34. The van der Waals surface area contributed by atoms with Gasteiger partial charge in [0.2, 0.25) is 0 Å². The third-order valence-corrected chi connectivity index (χ3v) is 4.00. The van der Waals surface area contributed by atoms with Crippen molar-refractivity contribution in [3.8, 4) is 10.4 Å². The number of aryl methyl sites for hydroxylation is 1. The molecule has 0 bridgehead atoms. The van der Waals surface area contributed by atoms with E-state index in [4.69, 9.17) is 12.2 Å². The van der Waals surface area contributed by atoms with Crippen LogP contribution in [0.4, 0.5) is 0 Å². The van der Waals surface area contributed by atoms with Crippen LogP contribution < -0.4 is 5.32 Å². The second kappa shape index (κ2) is 5.63. The molecule has 0 aliphatic carbocycles. The van der Waals surface area contributed by atoms with Gasteiger partial charge in [-0.1, -0.05) is 36.5 Å². The molecule has 0 unspecified atom stereocenters. The van der Waals surface area contributed by atoms with Crippen molar-refractivity contribution >= 4 is 28.5 Å². The van der Waals surface area contributed by atoms with Crippen LogP contribution in [0.3, 0.4) is 0 Å². The molecule has 1 N–H and O–H groups in total. The number of thiophene rings is 1. The number of hydrogen-bond donors (Lipinski definition) is 1. The van der Waals surface area contributed by atoms with Crippen molar-refractivity contribution in [3.05, 3.63) is 46.8 Å². The van der Waals surface area contributed by atoms with Crippen molar-refractivity contribution in [1.82, 2.24) is 5.32 Å². The van der Waals surface area contributed by atoms with Gasteiger partial charge in [-0.25, -0.2) is 0 Å². The molecule has 0 fully saturated rings. The molecule has 18 heavy (non-hydrogen) atoms. The average Bonchev–Trinajstić information content (AvgIpc) is 2.77. The molecular formula is C15H17NS2. The summed E-state index contributed by atoms with van der Waals surface area (Å²) in [6.07, 6.45) is 0. The SMILES string of the molecule is Cc1ccccc1-c1sccc1C(=S)NC(C)C. The minimum absolute atomic E-state index is 0.363. The summed E-state index contributed by atoms with van der Waals surface area (Å²) >= 11 is 7.22. The van der Waals surface area contributed by atoms with Crippen LogP contribution in [-0.2, 0) is 0 Å². The van der Waals surface area contributed by atoms with Gasteiger partial charge in [-0.05, 0) is 43.3 Å². The van der Waals surface area contributed by atoms with E-state index < -0.39 is 0 Å². The predicted molar refractivity (Wildman–Crippen MR) is 84.5 cm³/mol. The monoisotopic (exact) mass is 275 g/mol. The summed E-state index contributed by atoms with van der Waals surface area (Å²) in [6, 6.07) is 10.9. The molecule has 1 nitrogen and oxygen atoms in total. The lowest BCUT2D eigenvalue weighted by Crippen LogP contribution is -2.29. The maximum atomic E-state index is 5.48. The summed E-state index contributed by atoms with van der Waals surface area (Å²) in [7, 11) is 0. The molecule has 0 atom stereocenters. The standard InChI is InChI=1S/C15H17NS2/c1-10(2)16-15(17)13-8-9-18-14(13)12-7-5-4-6-11(12)3/h4-10H,1-3H3,(H,16,17). The number of rotatable bonds is 3. The highest BCUT2D eigenvalue weighted by Gasteiger charge is 2.13. The third-order valence-electron chi connectivity index (χ3n) is 2.72. The highest BCUT2D eigenvalue weighted by Crippen LogP contribution is 2.32. The summed E-state index contributed by atoms with van der Waals surface area (Å²) in [5.74, 6) is 0. The Balaban J connectivity index is 2.40. The number of nitrogens with one attached hydrogen (secondary N) is 1. The first kappa shape index (κ1) is 13.2. The highest BCUT2D eigenvalue weighted by atomic mass is 32.1. The fraction of sp³-hybridized carbons (Fsp3) is 0.267. The first-order chi connectivity index (χ1) is 8.59. The van der Waals surface area contributed by atoms with E-state index in [0.29, 0.717) is 6.04 Å². The van der Waals surface area contributed by atoms with E-state index in [0.717, 1.165) is 10.6 Å². The van der Waals surface area contributed by atoms with Gasteiger partial charge >= 0.3 is 0 Å². The molecule has 0 aliphatic rings. The molecule has 3 heteroatoms. The lowest BCUT2D eigenvalue weighted by atomic mass is 10.0. The average molecular weight is 275 g/mol. The van der Waals surface area contributed by atoms with E-state index in [-0.39, 0.29) is 0 Å². The van der Waals surface area contributed by atoms with Crippen molar-refractivity contribution in [2.24, 2.45) is 0 Å². The third kappa shape index (κ3) is 2.79. The van der Waals surface area contributed by atoms with Gasteiger partial charge < -0.3 is 5.32 Å². The van der Waals surface area contributed by atoms with Crippen molar-refractivity contribution < 1.29 is 0 Å². The topological polar surface area (TPSA) is 12.0 Å². The van der Waals surface area contributed by atoms with E-state index in [2.05, 4.69) is 61.8 Å². The van der Waals surface area contributed by atoms with Crippen molar-refractivity contribution in [1.29, 1.82) is 0 Å². The Morgan fingerprint density at radius 3 is 2.61 bits per heavy atom. The zero-order valence-corrected chi connectivity index (χ0v) is 12.5. The minimum Gasteiger partial charge on any atom is -0.374 e. The highest BCUT2D eigenvalue weighted by molar-refractivity contribution is 7.80. The summed E-state index contributed by atoms with van der Waals surface area (Å²) < 4.78 is 0. The van der Waals surface area contributed by atoms with Crippen LogP contribution in [0.25, 0.3) is 10.4 Å². The van der Waals surface area contributed by atoms with E-state index in [9.17, 15) is 0 Å². The zero-order chi connectivity index (χ0) is 13.1. The quantitative estimate of drug-likeness (QED) is 0.833. The summed E-state index contributed by atoms with van der Waals surface area (Å²) in [5, 5.41) is 5.42. The molecule has 94 valence electrons. The van der Waals surface area contributed by atoms with Crippen molar-refractivity contribution in [2.75, 3.05) is 0 Å². The Kier molecular flexibility index (Phi) is 4.15. The van der Waals surface area contributed by atoms with Gasteiger partial charge in [-0.3, -0.25) is 0 Å². The van der Waals surface area contributed by atoms with E-state index >= 15 is 0 Å². The van der Waals surface area contributed by atoms with Crippen LogP contribution in [0.5, 0.6) is 0 Å². The smallest absolute Gasteiger partial charge is 0.108 e. The second-order valence-electron chi connectivity index (χ2n) is 4.61. The largest absolute Gasteiger partial charge is 0.374 e. The number of hydrogen-bond acceptors (Lipinski definition) is 2. The van der Waals surface area contributed by atoms with E-state index in [1.807, 2.05) is 0 Å².